The molecule has 0 bridgehead atoms. The molecule has 1 saturated heterocycles. The Hall–Kier alpha value is -0.170. The highest BCUT2D eigenvalue weighted by Gasteiger charge is 2.12. The fourth-order valence-electron chi connectivity index (χ4n) is 2.05. The van der Waals surface area contributed by atoms with Crippen LogP contribution in [0.4, 0.5) is 0 Å². The summed E-state index contributed by atoms with van der Waals surface area (Å²) in [6.45, 7) is 4.13. The van der Waals surface area contributed by atoms with Crippen LogP contribution >= 0.6 is 0 Å². The highest BCUT2D eigenvalue weighted by molar-refractivity contribution is 7.89. The average Bonchev–Trinajstić information content (AvgIpc) is 2.30. The van der Waals surface area contributed by atoms with Crippen molar-refractivity contribution in [3.8, 4) is 0 Å². The highest BCUT2D eigenvalue weighted by Crippen LogP contribution is 2.07. The molecule has 5 nitrogen and oxygen atoms in total. The highest BCUT2D eigenvalue weighted by atomic mass is 32.2. The van der Waals surface area contributed by atoms with Gasteiger partial charge in [-0.15, -0.1) is 0 Å². The standard InChI is InChI=1S/C11H25N3O2S/c12-6-2-5-11-17(15,16)13-7-10-14-8-3-1-4-9-14/h13H,1-12H2. The molecule has 0 aliphatic carbocycles. The summed E-state index contributed by atoms with van der Waals surface area (Å²) in [7, 11) is -3.09. The third kappa shape index (κ3) is 6.98. The fraction of sp³-hybridized carbons (Fsp3) is 1.00. The molecular formula is C11H25N3O2S. The topological polar surface area (TPSA) is 75.4 Å². The maximum absolute atomic E-state index is 11.6. The number of unbranched alkanes of at least 4 members (excludes halogenated alkanes) is 1. The van der Waals surface area contributed by atoms with Crippen LogP contribution < -0.4 is 10.5 Å². The van der Waals surface area contributed by atoms with Crippen molar-refractivity contribution in [2.24, 2.45) is 5.73 Å². The Morgan fingerprint density at radius 1 is 1.12 bits per heavy atom. The minimum absolute atomic E-state index is 0.199. The molecule has 1 rings (SSSR count). The van der Waals surface area contributed by atoms with Crippen LogP contribution in [-0.2, 0) is 10.0 Å². The van der Waals surface area contributed by atoms with Gasteiger partial charge in [-0.1, -0.05) is 6.42 Å². The zero-order valence-corrected chi connectivity index (χ0v) is 11.3. The summed E-state index contributed by atoms with van der Waals surface area (Å²) in [6.07, 6.45) is 5.20. The van der Waals surface area contributed by atoms with Gasteiger partial charge in [0.25, 0.3) is 0 Å². The van der Waals surface area contributed by atoms with Crippen LogP contribution in [0.3, 0.4) is 0 Å². The van der Waals surface area contributed by atoms with Gasteiger partial charge in [-0.25, -0.2) is 13.1 Å². The molecule has 3 N–H and O–H groups in total. The molecule has 0 radical (unpaired) electrons. The van der Waals surface area contributed by atoms with E-state index in [9.17, 15) is 8.42 Å². The Morgan fingerprint density at radius 2 is 1.82 bits per heavy atom. The number of rotatable bonds is 8. The normalized spacial score (nSPS) is 18.4. The number of piperidine rings is 1. The van der Waals surface area contributed by atoms with Gasteiger partial charge in [0.05, 0.1) is 5.75 Å². The first-order valence-electron chi connectivity index (χ1n) is 6.54. The smallest absolute Gasteiger partial charge is 0.211 e. The number of nitrogens with two attached hydrogens (primary N) is 1. The van der Waals surface area contributed by atoms with Crippen molar-refractivity contribution in [3.05, 3.63) is 0 Å². The molecule has 0 unspecified atom stereocenters. The number of nitrogens with zero attached hydrogens (tertiary/aromatic N) is 1. The molecule has 6 heteroatoms. The molecule has 0 saturated carbocycles. The van der Waals surface area contributed by atoms with Gasteiger partial charge < -0.3 is 10.6 Å². The van der Waals surface area contributed by atoms with E-state index in [2.05, 4.69) is 9.62 Å². The zero-order valence-electron chi connectivity index (χ0n) is 10.5. The first-order valence-corrected chi connectivity index (χ1v) is 8.19. The molecule has 0 aromatic carbocycles. The second-order valence-electron chi connectivity index (χ2n) is 4.61. The Balaban J connectivity index is 2.11. The van der Waals surface area contributed by atoms with E-state index in [1.165, 1.54) is 19.3 Å². The van der Waals surface area contributed by atoms with Crippen LogP contribution in [-0.4, -0.2) is 51.8 Å². The Kier molecular flexibility index (Phi) is 7.03. The number of likely N-dealkylation sites (tertiary alicyclic amines) is 1. The lowest BCUT2D eigenvalue weighted by Gasteiger charge is -2.26. The summed E-state index contributed by atoms with van der Waals surface area (Å²) < 4.78 is 25.8. The Bertz CT molecular complexity index is 287. The molecule has 0 spiro atoms. The molecule has 0 aromatic rings. The number of nitrogens with one attached hydrogen (secondary N) is 1. The van der Waals surface area contributed by atoms with Gasteiger partial charge >= 0.3 is 0 Å². The molecule has 1 aliphatic heterocycles. The van der Waals surface area contributed by atoms with Crippen molar-refractivity contribution in [2.75, 3.05) is 38.5 Å². The molecule has 0 atom stereocenters. The van der Waals surface area contributed by atoms with E-state index in [4.69, 9.17) is 5.73 Å². The average molecular weight is 263 g/mol. The second kappa shape index (κ2) is 8.02. The van der Waals surface area contributed by atoms with E-state index in [-0.39, 0.29) is 5.75 Å². The lowest BCUT2D eigenvalue weighted by molar-refractivity contribution is 0.233. The van der Waals surface area contributed by atoms with E-state index >= 15 is 0 Å². The van der Waals surface area contributed by atoms with E-state index < -0.39 is 10.0 Å². The monoisotopic (exact) mass is 263 g/mol. The van der Waals surface area contributed by atoms with Gasteiger partial charge in [0.15, 0.2) is 0 Å². The van der Waals surface area contributed by atoms with Crippen molar-refractivity contribution in [1.29, 1.82) is 0 Å². The quantitative estimate of drug-likeness (QED) is 0.610. The SMILES string of the molecule is NCCCCS(=O)(=O)NCCN1CCCCC1. The summed E-state index contributed by atoms with van der Waals surface area (Å²) in [5, 5.41) is 0. The maximum Gasteiger partial charge on any atom is 0.211 e. The lowest BCUT2D eigenvalue weighted by atomic mass is 10.1. The molecule has 0 aromatic heterocycles. The van der Waals surface area contributed by atoms with Crippen LogP contribution in [0.2, 0.25) is 0 Å². The number of hydrogen-bond acceptors (Lipinski definition) is 4. The zero-order chi connectivity index (χ0) is 12.6. The maximum atomic E-state index is 11.6. The molecule has 1 heterocycles. The summed E-state index contributed by atoms with van der Waals surface area (Å²) in [6, 6.07) is 0. The van der Waals surface area contributed by atoms with E-state index in [1.54, 1.807) is 0 Å². The third-order valence-electron chi connectivity index (χ3n) is 3.07. The Labute approximate surface area is 105 Å². The first-order chi connectivity index (χ1) is 8.14. The van der Waals surface area contributed by atoms with Gasteiger partial charge in [-0.2, -0.15) is 0 Å². The van der Waals surface area contributed by atoms with Gasteiger partial charge in [0.1, 0.15) is 0 Å². The van der Waals surface area contributed by atoms with Crippen molar-refractivity contribution in [3.63, 3.8) is 0 Å². The van der Waals surface area contributed by atoms with E-state index in [0.29, 0.717) is 19.5 Å². The largest absolute Gasteiger partial charge is 0.330 e. The van der Waals surface area contributed by atoms with Crippen LogP contribution in [0.25, 0.3) is 0 Å². The molecular weight excluding hydrogens is 238 g/mol. The van der Waals surface area contributed by atoms with Crippen LogP contribution in [0.1, 0.15) is 32.1 Å². The van der Waals surface area contributed by atoms with Crippen molar-refractivity contribution < 1.29 is 8.42 Å². The molecule has 102 valence electrons. The van der Waals surface area contributed by atoms with Crippen molar-refractivity contribution >= 4 is 10.0 Å². The first kappa shape index (κ1) is 14.9. The minimum atomic E-state index is -3.09. The predicted octanol–water partition coefficient (Wildman–Crippen LogP) is 0.131. The minimum Gasteiger partial charge on any atom is -0.330 e. The Morgan fingerprint density at radius 3 is 2.47 bits per heavy atom. The summed E-state index contributed by atoms with van der Waals surface area (Å²) in [5.41, 5.74) is 5.33. The summed E-state index contributed by atoms with van der Waals surface area (Å²) in [5.74, 6) is 0.199. The fourth-order valence-corrected chi connectivity index (χ4v) is 3.18. The predicted molar refractivity (Wildman–Crippen MR) is 70.4 cm³/mol. The van der Waals surface area contributed by atoms with Gasteiger partial charge in [0, 0.05) is 13.1 Å². The number of sulfonamides is 1. The summed E-state index contributed by atoms with van der Waals surface area (Å²) >= 11 is 0. The van der Waals surface area contributed by atoms with E-state index in [0.717, 1.165) is 26.1 Å². The van der Waals surface area contributed by atoms with Crippen LogP contribution in [0.5, 0.6) is 0 Å². The van der Waals surface area contributed by atoms with Crippen molar-refractivity contribution in [1.82, 2.24) is 9.62 Å². The molecule has 0 amide bonds. The molecule has 1 aliphatic rings. The second-order valence-corrected chi connectivity index (χ2v) is 6.54. The lowest BCUT2D eigenvalue weighted by Crippen LogP contribution is -2.38. The third-order valence-corrected chi connectivity index (χ3v) is 4.54. The molecule has 17 heavy (non-hydrogen) atoms. The summed E-state index contributed by atoms with van der Waals surface area (Å²) in [4.78, 5) is 2.33. The number of hydrogen-bond donors (Lipinski definition) is 2. The van der Waals surface area contributed by atoms with Crippen LogP contribution in [0.15, 0.2) is 0 Å². The van der Waals surface area contributed by atoms with Gasteiger partial charge in [-0.05, 0) is 45.3 Å². The molecule has 1 fully saturated rings. The van der Waals surface area contributed by atoms with Gasteiger partial charge in [0.2, 0.25) is 10.0 Å². The van der Waals surface area contributed by atoms with Crippen LogP contribution in [0, 0.1) is 0 Å². The van der Waals surface area contributed by atoms with Crippen molar-refractivity contribution in [2.45, 2.75) is 32.1 Å². The van der Waals surface area contributed by atoms with E-state index in [1.807, 2.05) is 0 Å². The van der Waals surface area contributed by atoms with Gasteiger partial charge in [-0.3, -0.25) is 0 Å².